The van der Waals surface area contributed by atoms with Crippen LogP contribution in [0.5, 0.6) is 0 Å². The fourth-order valence-corrected chi connectivity index (χ4v) is 3.91. The van der Waals surface area contributed by atoms with Gasteiger partial charge in [-0.25, -0.2) is 4.98 Å². The Bertz CT molecular complexity index is 751. The fourth-order valence-electron chi connectivity index (χ4n) is 1.82. The summed E-state index contributed by atoms with van der Waals surface area (Å²) in [6, 6.07) is 16.1. The van der Waals surface area contributed by atoms with Crippen molar-refractivity contribution in [2.24, 2.45) is 0 Å². The highest BCUT2D eigenvalue weighted by Gasteiger charge is 2.07. The molecule has 2 aromatic carbocycles. The summed E-state index contributed by atoms with van der Waals surface area (Å²) >= 11 is 3.35. The maximum atomic E-state index is 8.87. The number of aromatic nitrogens is 1. The molecule has 0 saturated heterocycles. The number of nitriles is 1. The lowest BCUT2D eigenvalue weighted by molar-refractivity contribution is 1.25. The van der Waals surface area contributed by atoms with Gasteiger partial charge in [0, 0.05) is 4.90 Å². The van der Waals surface area contributed by atoms with Gasteiger partial charge in [-0.2, -0.15) is 5.26 Å². The zero-order valence-electron chi connectivity index (χ0n) is 10.3. The fraction of sp³-hybridized carbons (Fsp3) is 0.0667. The maximum absolute atomic E-state index is 8.87. The van der Waals surface area contributed by atoms with E-state index in [9.17, 15) is 0 Å². The average molecular weight is 282 g/mol. The Morgan fingerprint density at radius 3 is 2.79 bits per heavy atom. The SMILES string of the molecule is Cc1cc(C#N)ccc1Sc1nc2ccccc2s1. The van der Waals surface area contributed by atoms with Crippen LogP contribution in [0, 0.1) is 18.3 Å². The van der Waals surface area contributed by atoms with Crippen LogP contribution < -0.4 is 0 Å². The van der Waals surface area contributed by atoms with E-state index in [-0.39, 0.29) is 0 Å². The van der Waals surface area contributed by atoms with E-state index in [4.69, 9.17) is 5.26 Å². The van der Waals surface area contributed by atoms with E-state index in [0.717, 1.165) is 20.3 Å². The summed E-state index contributed by atoms with van der Waals surface area (Å²) in [6.07, 6.45) is 0. The molecule has 19 heavy (non-hydrogen) atoms. The highest BCUT2D eigenvalue weighted by atomic mass is 32.2. The Morgan fingerprint density at radius 2 is 2.05 bits per heavy atom. The molecule has 92 valence electrons. The first-order chi connectivity index (χ1) is 9.26. The van der Waals surface area contributed by atoms with E-state index in [0.29, 0.717) is 5.56 Å². The lowest BCUT2D eigenvalue weighted by Gasteiger charge is -2.02. The highest BCUT2D eigenvalue weighted by Crippen LogP contribution is 2.35. The molecule has 0 saturated carbocycles. The van der Waals surface area contributed by atoms with Crippen molar-refractivity contribution in [2.75, 3.05) is 0 Å². The lowest BCUT2D eigenvalue weighted by atomic mass is 10.2. The van der Waals surface area contributed by atoms with Crippen molar-refractivity contribution in [3.63, 3.8) is 0 Å². The van der Waals surface area contributed by atoms with Gasteiger partial charge in [-0.15, -0.1) is 11.3 Å². The molecule has 0 N–H and O–H groups in total. The summed E-state index contributed by atoms with van der Waals surface area (Å²) in [5.74, 6) is 0. The summed E-state index contributed by atoms with van der Waals surface area (Å²) in [5, 5.41) is 8.87. The van der Waals surface area contributed by atoms with Crippen molar-refractivity contribution in [1.82, 2.24) is 4.98 Å². The quantitative estimate of drug-likeness (QED) is 0.687. The number of hydrogen-bond acceptors (Lipinski definition) is 4. The summed E-state index contributed by atoms with van der Waals surface area (Å²) in [5.41, 5.74) is 2.86. The van der Waals surface area contributed by atoms with Crippen molar-refractivity contribution in [3.8, 4) is 6.07 Å². The molecule has 0 unspecified atom stereocenters. The number of thiazole rings is 1. The van der Waals surface area contributed by atoms with Crippen LogP contribution in [0.2, 0.25) is 0 Å². The largest absolute Gasteiger partial charge is 0.229 e. The number of hydrogen-bond donors (Lipinski definition) is 0. The van der Waals surface area contributed by atoms with Gasteiger partial charge >= 0.3 is 0 Å². The van der Waals surface area contributed by atoms with Crippen LogP contribution >= 0.6 is 23.1 Å². The molecule has 0 bridgehead atoms. The molecule has 1 aromatic heterocycles. The van der Waals surface area contributed by atoms with Crippen LogP contribution in [0.4, 0.5) is 0 Å². The molecule has 3 rings (SSSR count). The van der Waals surface area contributed by atoms with Crippen molar-refractivity contribution >= 4 is 33.3 Å². The molecule has 0 aliphatic rings. The molecule has 0 fully saturated rings. The summed E-state index contributed by atoms with van der Waals surface area (Å²) in [4.78, 5) is 5.76. The van der Waals surface area contributed by atoms with Crippen LogP contribution in [0.3, 0.4) is 0 Å². The Kier molecular flexibility index (Phi) is 3.24. The third-order valence-electron chi connectivity index (χ3n) is 2.78. The first-order valence-electron chi connectivity index (χ1n) is 5.80. The Hall–Kier alpha value is -1.83. The van der Waals surface area contributed by atoms with Gasteiger partial charge < -0.3 is 0 Å². The van der Waals surface area contributed by atoms with E-state index >= 15 is 0 Å². The van der Waals surface area contributed by atoms with Gasteiger partial charge in [-0.1, -0.05) is 23.9 Å². The van der Waals surface area contributed by atoms with Crippen molar-refractivity contribution in [3.05, 3.63) is 53.6 Å². The topological polar surface area (TPSA) is 36.7 Å². The third kappa shape index (κ3) is 2.48. The molecule has 0 spiro atoms. The molecule has 0 amide bonds. The number of benzene rings is 2. The monoisotopic (exact) mass is 282 g/mol. The molecule has 1 heterocycles. The zero-order valence-corrected chi connectivity index (χ0v) is 11.9. The highest BCUT2D eigenvalue weighted by molar-refractivity contribution is 8.01. The standard InChI is InChI=1S/C15H10N2S2/c1-10-8-11(9-16)6-7-13(10)18-15-17-12-4-2-3-5-14(12)19-15/h2-8H,1H3. The van der Waals surface area contributed by atoms with Gasteiger partial charge in [-0.3, -0.25) is 0 Å². The van der Waals surface area contributed by atoms with Crippen LogP contribution in [-0.4, -0.2) is 4.98 Å². The number of nitrogens with zero attached hydrogens (tertiary/aromatic N) is 2. The molecule has 0 aliphatic heterocycles. The minimum Gasteiger partial charge on any atom is -0.229 e. The Labute approximate surface area is 119 Å². The zero-order chi connectivity index (χ0) is 13.2. The molecule has 0 aliphatic carbocycles. The van der Waals surface area contributed by atoms with E-state index in [2.05, 4.69) is 17.1 Å². The molecule has 3 aromatic rings. The Morgan fingerprint density at radius 1 is 1.21 bits per heavy atom. The summed E-state index contributed by atoms with van der Waals surface area (Å²) in [6.45, 7) is 2.02. The van der Waals surface area contributed by atoms with Gasteiger partial charge in [0.15, 0.2) is 4.34 Å². The van der Waals surface area contributed by atoms with E-state index < -0.39 is 0 Å². The minimum absolute atomic E-state index is 0.700. The van der Waals surface area contributed by atoms with Crippen LogP contribution in [-0.2, 0) is 0 Å². The number of aryl methyl sites for hydroxylation is 1. The molecular formula is C15H10N2S2. The van der Waals surface area contributed by atoms with Gasteiger partial charge in [0.25, 0.3) is 0 Å². The molecular weight excluding hydrogens is 272 g/mol. The number of rotatable bonds is 2. The minimum atomic E-state index is 0.700. The van der Waals surface area contributed by atoms with Crippen molar-refractivity contribution in [2.45, 2.75) is 16.2 Å². The van der Waals surface area contributed by atoms with Crippen molar-refractivity contribution < 1.29 is 0 Å². The number of fused-ring (bicyclic) bond motifs is 1. The number of para-hydroxylation sites is 1. The van der Waals surface area contributed by atoms with Crippen LogP contribution in [0.1, 0.15) is 11.1 Å². The van der Waals surface area contributed by atoms with Gasteiger partial charge in [0.1, 0.15) is 0 Å². The smallest absolute Gasteiger partial charge is 0.155 e. The van der Waals surface area contributed by atoms with Gasteiger partial charge in [-0.05, 0) is 42.8 Å². The van der Waals surface area contributed by atoms with E-state index in [1.807, 2.05) is 43.3 Å². The van der Waals surface area contributed by atoms with Crippen molar-refractivity contribution in [1.29, 1.82) is 5.26 Å². The second-order valence-corrected chi connectivity index (χ2v) is 6.46. The first kappa shape index (κ1) is 12.2. The predicted octanol–water partition coefficient (Wildman–Crippen LogP) is 4.63. The Balaban J connectivity index is 1.94. The molecule has 0 atom stereocenters. The van der Waals surface area contributed by atoms with E-state index in [1.165, 1.54) is 4.70 Å². The van der Waals surface area contributed by atoms with Gasteiger partial charge in [0.2, 0.25) is 0 Å². The van der Waals surface area contributed by atoms with Crippen LogP contribution in [0.25, 0.3) is 10.2 Å². The second-order valence-electron chi connectivity index (χ2n) is 4.14. The summed E-state index contributed by atoms with van der Waals surface area (Å²) < 4.78 is 2.24. The summed E-state index contributed by atoms with van der Waals surface area (Å²) in [7, 11) is 0. The second kappa shape index (κ2) is 5.04. The first-order valence-corrected chi connectivity index (χ1v) is 7.44. The third-order valence-corrected chi connectivity index (χ3v) is 5.05. The normalized spacial score (nSPS) is 10.5. The maximum Gasteiger partial charge on any atom is 0.155 e. The molecule has 4 heteroatoms. The predicted molar refractivity (Wildman–Crippen MR) is 79.6 cm³/mol. The molecule has 2 nitrogen and oxygen atoms in total. The van der Waals surface area contributed by atoms with Crippen LogP contribution in [0.15, 0.2) is 51.7 Å². The average Bonchev–Trinajstić information content (AvgIpc) is 2.83. The van der Waals surface area contributed by atoms with Gasteiger partial charge in [0.05, 0.1) is 21.8 Å². The molecule has 0 radical (unpaired) electrons. The van der Waals surface area contributed by atoms with E-state index in [1.54, 1.807) is 23.1 Å². The lowest BCUT2D eigenvalue weighted by Crippen LogP contribution is -1.82.